The SMILES string of the molecule is CC(C)(CNC(=O)c1cccc(Cl)c1N)S(C)(=O)=O. The number of para-hydroxylation sites is 1. The maximum Gasteiger partial charge on any atom is 0.253 e. The molecule has 0 aromatic heterocycles. The molecule has 0 aliphatic heterocycles. The Kier molecular flexibility index (Phi) is 4.47. The Morgan fingerprint density at radius 1 is 1.42 bits per heavy atom. The van der Waals surface area contributed by atoms with Crippen LogP contribution in [0.3, 0.4) is 0 Å². The number of hydrogen-bond acceptors (Lipinski definition) is 4. The average Bonchev–Trinajstić information content (AvgIpc) is 2.28. The number of hydrogen-bond donors (Lipinski definition) is 2. The third-order valence-corrected chi connectivity index (χ3v) is 5.46. The molecule has 19 heavy (non-hydrogen) atoms. The summed E-state index contributed by atoms with van der Waals surface area (Å²) in [6, 6.07) is 4.72. The lowest BCUT2D eigenvalue weighted by Gasteiger charge is -2.22. The van der Waals surface area contributed by atoms with Crippen molar-refractivity contribution in [2.24, 2.45) is 0 Å². The van der Waals surface area contributed by atoms with E-state index in [1.807, 2.05) is 0 Å². The zero-order chi connectivity index (χ0) is 14.8. The minimum Gasteiger partial charge on any atom is -0.397 e. The maximum atomic E-state index is 11.9. The van der Waals surface area contributed by atoms with E-state index < -0.39 is 20.5 Å². The van der Waals surface area contributed by atoms with Crippen molar-refractivity contribution in [3.05, 3.63) is 28.8 Å². The third-order valence-electron chi connectivity index (χ3n) is 2.98. The number of carbonyl (C=O) groups is 1. The lowest BCUT2D eigenvalue weighted by atomic mass is 10.1. The van der Waals surface area contributed by atoms with Gasteiger partial charge in [-0.15, -0.1) is 0 Å². The number of benzene rings is 1. The van der Waals surface area contributed by atoms with Gasteiger partial charge in [-0.2, -0.15) is 0 Å². The highest BCUT2D eigenvalue weighted by atomic mass is 35.5. The molecule has 1 aromatic carbocycles. The minimum absolute atomic E-state index is 0.00335. The second-order valence-electron chi connectivity index (χ2n) is 4.92. The number of nitrogen functional groups attached to an aromatic ring is 1. The maximum absolute atomic E-state index is 11.9. The highest BCUT2D eigenvalue weighted by Gasteiger charge is 2.30. The molecule has 0 aliphatic carbocycles. The van der Waals surface area contributed by atoms with Gasteiger partial charge in [-0.1, -0.05) is 17.7 Å². The number of nitrogens with one attached hydrogen (secondary N) is 1. The first-order valence-corrected chi connectivity index (χ1v) is 7.85. The van der Waals surface area contributed by atoms with Crippen molar-refractivity contribution in [3.8, 4) is 0 Å². The Labute approximate surface area is 118 Å². The topological polar surface area (TPSA) is 89.3 Å². The quantitative estimate of drug-likeness (QED) is 0.824. The van der Waals surface area contributed by atoms with Gasteiger partial charge in [0.15, 0.2) is 9.84 Å². The van der Waals surface area contributed by atoms with E-state index in [0.717, 1.165) is 6.26 Å². The molecule has 0 fully saturated rings. The number of halogens is 1. The molecule has 0 saturated heterocycles. The van der Waals surface area contributed by atoms with Crippen molar-refractivity contribution >= 4 is 33.0 Å². The van der Waals surface area contributed by atoms with E-state index in [-0.39, 0.29) is 22.8 Å². The Bertz CT molecular complexity index is 597. The van der Waals surface area contributed by atoms with Crippen molar-refractivity contribution in [1.82, 2.24) is 5.32 Å². The molecule has 5 nitrogen and oxygen atoms in total. The van der Waals surface area contributed by atoms with Crippen LogP contribution in [0.25, 0.3) is 0 Å². The first-order chi connectivity index (χ1) is 8.56. The molecule has 0 unspecified atom stereocenters. The zero-order valence-corrected chi connectivity index (χ0v) is 12.6. The van der Waals surface area contributed by atoms with E-state index in [2.05, 4.69) is 5.32 Å². The fourth-order valence-corrected chi connectivity index (χ4v) is 1.76. The van der Waals surface area contributed by atoms with E-state index >= 15 is 0 Å². The second-order valence-corrected chi connectivity index (χ2v) is 7.97. The molecule has 0 spiro atoms. The monoisotopic (exact) mass is 304 g/mol. The molecule has 0 heterocycles. The zero-order valence-electron chi connectivity index (χ0n) is 11.0. The minimum atomic E-state index is -3.27. The number of amides is 1. The highest BCUT2D eigenvalue weighted by molar-refractivity contribution is 7.92. The van der Waals surface area contributed by atoms with Crippen LogP contribution in [-0.2, 0) is 9.84 Å². The van der Waals surface area contributed by atoms with Gasteiger partial charge < -0.3 is 11.1 Å². The summed E-state index contributed by atoms with van der Waals surface area (Å²) >= 11 is 5.82. The van der Waals surface area contributed by atoms with Crippen molar-refractivity contribution in [2.45, 2.75) is 18.6 Å². The van der Waals surface area contributed by atoms with Crippen LogP contribution in [0, 0.1) is 0 Å². The molecule has 0 saturated carbocycles. The Morgan fingerprint density at radius 2 is 2.00 bits per heavy atom. The molecule has 0 aliphatic rings. The summed E-state index contributed by atoms with van der Waals surface area (Å²) in [4.78, 5) is 11.9. The summed E-state index contributed by atoms with van der Waals surface area (Å²) in [6.45, 7) is 3.09. The van der Waals surface area contributed by atoms with E-state index in [1.54, 1.807) is 26.0 Å². The summed E-state index contributed by atoms with van der Waals surface area (Å²) in [6.07, 6.45) is 1.13. The number of sulfone groups is 1. The summed E-state index contributed by atoms with van der Waals surface area (Å²) in [5.41, 5.74) is 6.11. The van der Waals surface area contributed by atoms with Gasteiger partial charge in [-0.3, -0.25) is 4.79 Å². The van der Waals surface area contributed by atoms with Crippen molar-refractivity contribution in [2.75, 3.05) is 18.5 Å². The summed E-state index contributed by atoms with van der Waals surface area (Å²) in [5.74, 6) is -0.447. The first kappa shape index (κ1) is 15.8. The molecule has 7 heteroatoms. The molecule has 1 amide bonds. The Morgan fingerprint density at radius 3 is 2.53 bits per heavy atom. The summed E-state index contributed by atoms with van der Waals surface area (Å²) in [7, 11) is -3.27. The summed E-state index contributed by atoms with van der Waals surface area (Å²) < 4.78 is 22.0. The largest absolute Gasteiger partial charge is 0.397 e. The molecule has 0 radical (unpaired) electrons. The van der Waals surface area contributed by atoms with Crippen LogP contribution in [0.2, 0.25) is 5.02 Å². The highest BCUT2D eigenvalue weighted by Crippen LogP contribution is 2.22. The molecule has 1 rings (SSSR count). The summed E-state index contributed by atoms with van der Waals surface area (Å²) in [5, 5.41) is 2.84. The fourth-order valence-electron chi connectivity index (χ4n) is 1.25. The predicted molar refractivity (Wildman–Crippen MR) is 77.1 cm³/mol. The van der Waals surface area contributed by atoms with Crippen molar-refractivity contribution in [3.63, 3.8) is 0 Å². The molecule has 106 valence electrons. The number of carbonyl (C=O) groups excluding carboxylic acids is 1. The van der Waals surface area contributed by atoms with E-state index in [0.29, 0.717) is 0 Å². The third kappa shape index (κ3) is 3.61. The van der Waals surface area contributed by atoms with Gasteiger partial charge in [0.2, 0.25) is 0 Å². The lowest BCUT2D eigenvalue weighted by molar-refractivity contribution is 0.0951. The number of anilines is 1. The average molecular weight is 305 g/mol. The fraction of sp³-hybridized carbons (Fsp3) is 0.417. The van der Waals surface area contributed by atoms with Gasteiger partial charge in [-0.05, 0) is 26.0 Å². The van der Waals surface area contributed by atoms with Crippen LogP contribution >= 0.6 is 11.6 Å². The number of rotatable bonds is 4. The normalized spacial score (nSPS) is 12.2. The first-order valence-electron chi connectivity index (χ1n) is 5.58. The number of nitrogens with two attached hydrogens (primary N) is 1. The van der Waals surface area contributed by atoms with Crippen LogP contribution in [0.4, 0.5) is 5.69 Å². The Hall–Kier alpha value is -1.27. The van der Waals surface area contributed by atoms with Crippen LogP contribution in [-0.4, -0.2) is 31.9 Å². The standard InChI is InChI=1S/C12H17ClN2O3S/c1-12(2,19(3,17)18)7-15-11(16)8-5-4-6-9(13)10(8)14/h4-6H,7,14H2,1-3H3,(H,15,16). The van der Waals surface area contributed by atoms with Crippen LogP contribution in [0.15, 0.2) is 18.2 Å². The van der Waals surface area contributed by atoms with Gasteiger partial charge in [0, 0.05) is 12.8 Å². The smallest absolute Gasteiger partial charge is 0.253 e. The van der Waals surface area contributed by atoms with Crippen molar-refractivity contribution < 1.29 is 13.2 Å². The molecular weight excluding hydrogens is 288 g/mol. The van der Waals surface area contributed by atoms with Gasteiger partial charge in [0.1, 0.15) is 0 Å². The molecule has 1 aromatic rings. The van der Waals surface area contributed by atoms with Crippen molar-refractivity contribution in [1.29, 1.82) is 0 Å². The molecule has 0 bridgehead atoms. The van der Waals surface area contributed by atoms with Crippen LogP contribution in [0.5, 0.6) is 0 Å². The molecule has 0 atom stereocenters. The van der Waals surface area contributed by atoms with Crippen LogP contribution < -0.4 is 11.1 Å². The van der Waals surface area contributed by atoms with E-state index in [9.17, 15) is 13.2 Å². The predicted octanol–water partition coefficient (Wildman–Crippen LogP) is 1.48. The molecular formula is C12H17ClN2O3S. The molecule has 3 N–H and O–H groups in total. The van der Waals surface area contributed by atoms with Gasteiger partial charge >= 0.3 is 0 Å². The van der Waals surface area contributed by atoms with Gasteiger partial charge in [0.25, 0.3) is 5.91 Å². The van der Waals surface area contributed by atoms with Gasteiger partial charge in [0.05, 0.1) is 21.0 Å². The van der Waals surface area contributed by atoms with Gasteiger partial charge in [-0.25, -0.2) is 8.42 Å². The van der Waals surface area contributed by atoms with E-state index in [1.165, 1.54) is 6.07 Å². The lowest BCUT2D eigenvalue weighted by Crippen LogP contribution is -2.43. The Balaban J connectivity index is 2.85. The van der Waals surface area contributed by atoms with Crippen LogP contribution in [0.1, 0.15) is 24.2 Å². The van der Waals surface area contributed by atoms with E-state index in [4.69, 9.17) is 17.3 Å². The second kappa shape index (κ2) is 5.38.